The van der Waals surface area contributed by atoms with E-state index in [-0.39, 0.29) is 6.61 Å². The van der Waals surface area contributed by atoms with Crippen LogP contribution < -0.4 is 0 Å². The molecule has 14 heavy (non-hydrogen) atoms. The van der Waals surface area contributed by atoms with E-state index in [0.29, 0.717) is 5.92 Å². The monoisotopic (exact) mass is 193 g/mol. The lowest BCUT2D eigenvalue weighted by molar-refractivity contribution is -0.143. The summed E-state index contributed by atoms with van der Waals surface area (Å²) in [6.45, 7) is 7.50. The average Bonchev–Trinajstić information content (AvgIpc) is 2.15. The number of esters is 1. The van der Waals surface area contributed by atoms with Crippen molar-refractivity contribution in [1.82, 2.24) is 0 Å². The van der Waals surface area contributed by atoms with Crippen LogP contribution in [-0.2, 0) is 9.53 Å². The summed E-state index contributed by atoms with van der Waals surface area (Å²) in [7, 11) is 0. The molecule has 3 nitrogen and oxygen atoms in total. The van der Waals surface area contributed by atoms with Gasteiger partial charge >= 0.3 is 5.97 Å². The SMILES string of the molecule is C=CCOC(=O)C(C#N)/C=C/C(C)C. The van der Waals surface area contributed by atoms with Gasteiger partial charge in [-0.3, -0.25) is 4.79 Å². The first-order valence-corrected chi connectivity index (χ1v) is 4.47. The molecule has 76 valence electrons. The van der Waals surface area contributed by atoms with Crippen molar-refractivity contribution in [3.63, 3.8) is 0 Å². The van der Waals surface area contributed by atoms with E-state index in [0.717, 1.165) is 0 Å². The lowest BCUT2D eigenvalue weighted by atomic mass is 10.1. The summed E-state index contributed by atoms with van der Waals surface area (Å²) >= 11 is 0. The van der Waals surface area contributed by atoms with Gasteiger partial charge in [0, 0.05) is 0 Å². The first-order valence-electron chi connectivity index (χ1n) is 4.47. The third-order valence-corrected chi connectivity index (χ3v) is 1.42. The molecule has 0 aromatic rings. The molecule has 3 heteroatoms. The summed E-state index contributed by atoms with van der Waals surface area (Å²) in [4.78, 5) is 11.2. The Morgan fingerprint density at radius 2 is 2.21 bits per heavy atom. The summed E-state index contributed by atoms with van der Waals surface area (Å²) in [5, 5.41) is 8.68. The Bertz CT molecular complexity index is 261. The minimum Gasteiger partial charge on any atom is -0.460 e. The zero-order valence-electron chi connectivity index (χ0n) is 8.56. The van der Waals surface area contributed by atoms with Crippen LogP contribution in [0.4, 0.5) is 0 Å². The molecule has 0 fully saturated rings. The normalized spacial score (nSPS) is 12.4. The van der Waals surface area contributed by atoms with Gasteiger partial charge < -0.3 is 4.74 Å². The minimum atomic E-state index is -0.808. The van der Waals surface area contributed by atoms with Gasteiger partial charge in [0.1, 0.15) is 6.61 Å². The van der Waals surface area contributed by atoms with Gasteiger partial charge in [-0.25, -0.2) is 0 Å². The largest absolute Gasteiger partial charge is 0.460 e. The quantitative estimate of drug-likeness (QED) is 0.496. The van der Waals surface area contributed by atoms with Crippen LogP contribution in [-0.4, -0.2) is 12.6 Å². The van der Waals surface area contributed by atoms with E-state index < -0.39 is 11.9 Å². The second kappa shape index (κ2) is 6.90. The highest BCUT2D eigenvalue weighted by atomic mass is 16.5. The van der Waals surface area contributed by atoms with Gasteiger partial charge in [-0.1, -0.05) is 38.7 Å². The van der Waals surface area contributed by atoms with Crippen LogP contribution in [0.2, 0.25) is 0 Å². The smallest absolute Gasteiger partial charge is 0.327 e. The van der Waals surface area contributed by atoms with E-state index >= 15 is 0 Å². The number of rotatable bonds is 5. The Kier molecular flexibility index (Phi) is 6.13. The summed E-state index contributed by atoms with van der Waals surface area (Å²) in [5.74, 6) is -1.01. The van der Waals surface area contributed by atoms with Gasteiger partial charge in [0.05, 0.1) is 6.07 Å². The molecule has 1 unspecified atom stereocenters. The van der Waals surface area contributed by atoms with Crippen molar-refractivity contribution in [2.24, 2.45) is 11.8 Å². The molecule has 0 rings (SSSR count). The highest BCUT2D eigenvalue weighted by molar-refractivity contribution is 5.77. The zero-order chi connectivity index (χ0) is 11.0. The second-order valence-electron chi connectivity index (χ2n) is 3.15. The Labute approximate surface area is 84.7 Å². The fourth-order valence-corrected chi connectivity index (χ4v) is 0.738. The topological polar surface area (TPSA) is 50.1 Å². The number of hydrogen-bond acceptors (Lipinski definition) is 3. The predicted molar refractivity (Wildman–Crippen MR) is 54.2 cm³/mol. The Morgan fingerprint density at radius 1 is 1.57 bits per heavy atom. The van der Waals surface area contributed by atoms with Gasteiger partial charge in [-0.2, -0.15) is 5.26 Å². The number of carbonyl (C=O) groups excluding carboxylic acids is 1. The molecule has 0 aromatic carbocycles. The van der Waals surface area contributed by atoms with Crippen LogP contribution in [0, 0.1) is 23.2 Å². The molecule has 0 spiro atoms. The molecule has 0 saturated heterocycles. The van der Waals surface area contributed by atoms with Crippen molar-refractivity contribution in [3.8, 4) is 6.07 Å². The van der Waals surface area contributed by atoms with Gasteiger partial charge in [-0.05, 0) is 5.92 Å². The van der Waals surface area contributed by atoms with Crippen molar-refractivity contribution >= 4 is 5.97 Å². The summed E-state index contributed by atoms with van der Waals surface area (Å²) in [6, 6.07) is 1.87. The molecular formula is C11H15NO2. The number of carbonyl (C=O) groups is 1. The van der Waals surface area contributed by atoms with Gasteiger partial charge in [0.15, 0.2) is 5.92 Å². The summed E-state index contributed by atoms with van der Waals surface area (Å²) < 4.78 is 4.75. The Morgan fingerprint density at radius 3 is 2.64 bits per heavy atom. The Hall–Kier alpha value is -1.56. The van der Waals surface area contributed by atoms with E-state index in [2.05, 4.69) is 6.58 Å². The predicted octanol–water partition coefficient (Wildman–Crippen LogP) is 2.07. The van der Waals surface area contributed by atoms with E-state index in [1.54, 1.807) is 6.08 Å². The highest BCUT2D eigenvalue weighted by Gasteiger charge is 2.15. The number of ether oxygens (including phenoxy) is 1. The number of nitrogens with zero attached hydrogens (tertiary/aromatic N) is 1. The number of allylic oxidation sites excluding steroid dienone is 1. The van der Waals surface area contributed by atoms with Gasteiger partial charge in [0.2, 0.25) is 0 Å². The van der Waals surface area contributed by atoms with Crippen molar-refractivity contribution < 1.29 is 9.53 Å². The Balaban J connectivity index is 4.21. The lowest BCUT2D eigenvalue weighted by Crippen LogP contribution is -2.14. The number of nitriles is 1. The third-order valence-electron chi connectivity index (χ3n) is 1.42. The van der Waals surface area contributed by atoms with Crippen LogP contribution in [0.15, 0.2) is 24.8 Å². The summed E-state index contributed by atoms with van der Waals surface area (Å²) in [5.41, 5.74) is 0. The second-order valence-corrected chi connectivity index (χ2v) is 3.15. The molecule has 0 N–H and O–H groups in total. The van der Waals surface area contributed by atoms with Crippen molar-refractivity contribution in [3.05, 3.63) is 24.8 Å². The fraction of sp³-hybridized carbons (Fsp3) is 0.455. The van der Waals surface area contributed by atoms with E-state index in [1.165, 1.54) is 6.08 Å². The first kappa shape index (κ1) is 12.4. The highest BCUT2D eigenvalue weighted by Crippen LogP contribution is 2.04. The third kappa shape index (κ3) is 5.15. The maximum Gasteiger partial charge on any atom is 0.327 e. The van der Waals surface area contributed by atoms with Crippen molar-refractivity contribution in [1.29, 1.82) is 5.26 Å². The minimum absolute atomic E-state index is 0.145. The maximum atomic E-state index is 11.2. The van der Waals surface area contributed by atoms with Crippen LogP contribution in [0.1, 0.15) is 13.8 Å². The molecule has 0 heterocycles. The molecule has 0 radical (unpaired) electrons. The molecule has 0 amide bonds. The average molecular weight is 193 g/mol. The van der Waals surface area contributed by atoms with Gasteiger partial charge in [-0.15, -0.1) is 0 Å². The fourth-order valence-electron chi connectivity index (χ4n) is 0.738. The number of hydrogen-bond donors (Lipinski definition) is 0. The van der Waals surface area contributed by atoms with Crippen LogP contribution >= 0.6 is 0 Å². The van der Waals surface area contributed by atoms with Crippen molar-refractivity contribution in [2.45, 2.75) is 13.8 Å². The molecule has 0 aliphatic heterocycles. The maximum absolute atomic E-state index is 11.2. The lowest BCUT2D eigenvalue weighted by Gasteiger charge is -2.03. The first-order chi connectivity index (χ1) is 6.61. The van der Waals surface area contributed by atoms with Crippen molar-refractivity contribution in [2.75, 3.05) is 6.61 Å². The molecule has 0 aliphatic carbocycles. The van der Waals surface area contributed by atoms with E-state index in [9.17, 15) is 4.79 Å². The summed E-state index contributed by atoms with van der Waals surface area (Å²) in [6.07, 6.45) is 4.84. The van der Waals surface area contributed by atoms with Crippen LogP contribution in [0.25, 0.3) is 0 Å². The molecular weight excluding hydrogens is 178 g/mol. The molecule has 0 aliphatic rings. The zero-order valence-corrected chi connectivity index (χ0v) is 8.56. The van der Waals surface area contributed by atoms with Crippen LogP contribution in [0.5, 0.6) is 0 Å². The van der Waals surface area contributed by atoms with Crippen LogP contribution in [0.3, 0.4) is 0 Å². The van der Waals surface area contributed by atoms with E-state index in [4.69, 9.17) is 10.00 Å². The van der Waals surface area contributed by atoms with Gasteiger partial charge in [0.25, 0.3) is 0 Å². The molecule has 0 saturated carbocycles. The standard InChI is InChI=1S/C11H15NO2/c1-4-7-14-11(13)10(8-12)6-5-9(2)3/h4-6,9-10H,1,7H2,2-3H3/b6-5+. The molecule has 0 aromatic heterocycles. The van der Waals surface area contributed by atoms with E-state index in [1.807, 2.05) is 26.0 Å². The molecule has 0 bridgehead atoms. The molecule has 1 atom stereocenters.